The highest BCUT2D eigenvalue weighted by molar-refractivity contribution is 14.2. The minimum absolute atomic E-state index is 0.556. The van der Waals surface area contributed by atoms with E-state index < -0.39 is 0 Å². The lowest BCUT2D eigenvalue weighted by molar-refractivity contribution is 0.155. The minimum Gasteiger partial charge on any atom is -0.376 e. The first-order valence-corrected chi connectivity index (χ1v) is 11.3. The molecule has 0 amide bonds. The first-order valence-electron chi connectivity index (χ1n) is 7.91. The molecule has 2 N–H and O–H groups in total. The fourth-order valence-corrected chi connectivity index (χ4v) is 3.64. The predicted molar refractivity (Wildman–Crippen MR) is 103 cm³/mol. The lowest BCUT2D eigenvalue weighted by atomic mass is 10.0. The molecule has 3 nitrogen and oxygen atoms in total. The Bertz CT molecular complexity index is 334. The molecule has 122 valence electrons. The van der Waals surface area contributed by atoms with Crippen molar-refractivity contribution in [2.45, 2.75) is 52.0 Å². The largest absolute Gasteiger partial charge is 0.376 e. The number of hydrogen-bond donors (Lipinski definition) is 2. The van der Waals surface area contributed by atoms with Gasteiger partial charge in [-0.1, -0.05) is 37.5 Å². The van der Waals surface area contributed by atoms with Crippen LogP contribution in [-0.4, -0.2) is 32.3 Å². The number of halogens is 1. The first kappa shape index (κ1) is 19.5. The van der Waals surface area contributed by atoms with E-state index in [4.69, 9.17) is 4.74 Å². The van der Waals surface area contributed by atoms with Gasteiger partial charge in [-0.3, -0.25) is 4.72 Å². The maximum absolute atomic E-state index is 5.74. The molecule has 0 heterocycles. The third-order valence-corrected chi connectivity index (χ3v) is 4.83. The Morgan fingerprint density at radius 1 is 1.38 bits per heavy atom. The molecule has 0 aliphatic heterocycles. The molecular weight excluding hydrogens is 395 g/mol. The fourth-order valence-electron chi connectivity index (χ4n) is 2.24. The topological polar surface area (TPSA) is 33.3 Å². The Morgan fingerprint density at radius 3 is 2.90 bits per heavy atom. The molecule has 5 heteroatoms. The molecule has 0 fully saturated rings. The average molecular weight is 424 g/mol. The van der Waals surface area contributed by atoms with Gasteiger partial charge in [-0.05, 0) is 40.9 Å². The van der Waals surface area contributed by atoms with Crippen LogP contribution >= 0.6 is 30.3 Å². The summed E-state index contributed by atoms with van der Waals surface area (Å²) in [6, 6.07) is 0.556. The molecular formula is C16H29IN2OS. The average Bonchev–Trinajstić information content (AvgIpc) is 2.50. The van der Waals surface area contributed by atoms with Crippen LogP contribution in [-0.2, 0) is 4.74 Å². The smallest absolute Gasteiger partial charge is 0.0680 e. The number of nitrogens with one attached hydrogen (secondary N) is 2. The number of allylic oxidation sites excluding steroid dienone is 3. The minimum atomic E-state index is 0.556. The Hall–Kier alpha value is 0.440. The van der Waals surface area contributed by atoms with Crippen LogP contribution in [0.2, 0.25) is 0 Å². The fraction of sp³-hybridized carbons (Fsp3) is 0.750. The highest BCUT2D eigenvalue weighted by Gasteiger charge is 2.06. The zero-order chi connectivity index (χ0) is 15.3. The summed E-state index contributed by atoms with van der Waals surface area (Å²) in [5.41, 5.74) is 2.89. The van der Waals surface area contributed by atoms with Gasteiger partial charge in [-0.2, -0.15) is 0 Å². The van der Waals surface area contributed by atoms with Crippen LogP contribution in [0.15, 0.2) is 23.3 Å². The molecule has 0 saturated carbocycles. The van der Waals surface area contributed by atoms with Crippen LogP contribution in [0.3, 0.4) is 0 Å². The number of unbranched alkanes of at least 4 members (excludes halogenated alkanes) is 1. The molecule has 21 heavy (non-hydrogen) atoms. The Kier molecular flexibility index (Phi) is 12.0. The molecule has 0 bridgehead atoms. The second kappa shape index (κ2) is 12.9. The summed E-state index contributed by atoms with van der Waals surface area (Å²) < 4.78 is 9.19. The lowest BCUT2D eigenvalue weighted by Gasteiger charge is -2.17. The molecule has 1 aliphatic carbocycles. The summed E-state index contributed by atoms with van der Waals surface area (Å²) >= 11 is 2.30. The van der Waals surface area contributed by atoms with Gasteiger partial charge >= 0.3 is 0 Å². The lowest BCUT2D eigenvalue weighted by Crippen LogP contribution is -2.36. The van der Waals surface area contributed by atoms with Crippen molar-refractivity contribution in [3.8, 4) is 0 Å². The molecule has 1 aliphatic rings. The molecule has 1 rings (SSSR count). The molecule has 0 spiro atoms. The second-order valence-corrected chi connectivity index (χ2v) is 7.32. The first-order chi connectivity index (χ1) is 10.3. The van der Waals surface area contributed by atoms with Gasteiger partial charge in [-0.15, -0.1) is 0 Å². The highest BCUT2D eigenvalue weighted by atomic mass is 127. The number of rotatable bonds is 12. The third-order valence-electron chi connectivity index (χ3n) is 3.64. The van der Waals surface area contributed by atoms with E-state index in [-0.39, 0.29) is 0 Å². The van der Waals surface area contributed by atoms with Gasteiger partial charge in [0.2, 0.25) is 0 Å². The van der Waals surface area contributed by atoms with Gasteiger partial charge in [0.1, 0.15) is 0 Å². The molecule has 0 aromatic rings. The van der Waals surface area contributed by atoms with Gasteiger partial charge in [0, 0.05) is 40.3 Å². The monoisotopic (exact) mass is 424 g/mol. The second-order valence-electron chi connectivity index (χ2n) is 5.61. The summed E-state index contributed by atoms with van der Waals surface area (Å²) in [4.78, 5) is 0. The standard InChI is InChI=1S/C16H29IN2OS/c1-3-4-5-16(19-21-17)12-18-10-11-20-13-15-8-6-14(2)7-9-15/h6,9,16,18-19H,3-5,7-8,10-13H2,1-2H3. The summed E-state index contributed by atoms with van der Waals surface area (Å²) in [7, 11) is 1.68. The van der Waals surface area contributed by atoms with Crippen LogP contribution in [0.1, 0.15) is 46.0 Å². The van der Waals surface area contributed by atoms with E-state index >= 15 is 0 Å². The van der Waals surface area contributed by atoms with Crippen molar-refractivity contribution >= 4 is 30.3 Å². The zero-order valence-electron chi connectivity index (χ0n) is 13.3. The van der Waals surface area contributed by atoms with Crippen molar-refractivity contribution in [2.24, 2.45) is 0 Å². The Morgan fingerprint density at radius 2 is 2.24 bits per heavy atom. The predicted octanol–water partition coefficient (Wildman–Crippen LogP) is 4.41. The maximum Gasteiger partial charge on any atom is 0.0680 e. The number of ether oxygens (including phenoxy) is 1. The molecule has 0 aromatic heterocycles. The van der Waals surface area contributed by atoms with Crippen LogP contribution in [0.25, 0.3) is 0 Å². The van der Waals surface area contributed by atoms with Gasteiger partial charge in [0.25, 0.3) is 0 Å². The normalized spacial score (nSPS) is 16.5. The molecule has 1 atom stereocenters. The van der Waals surface area contributed by atoms with Crippen molar-refractivity contribution < 1.29 is 4.74 Å². The summed E-state index contributed by atoms with van der Waals surface area (Å²) in [6.07, 6.45) is 10.6. The van der Waals surface area contributed by atoms with Crippen LogP contribution in [0.5, 0.6) is 0 Å². The van der Waals surface area contributed by atoms with E-state index in [0.717, 1.165) is 39.1 Å². The van der Waals surface area contributed by atoms with Crippen LogP contribution in [0, 0.1) is 0 Å². The van der Waals surface area contributed by atoms with Crippen molar-refractivity contribution in [1.82, 2.24) is 10.0 Å². The van der Waals surface area contributed by atoms with Crippen molar-refractivity contribution in [2.75, 3.05) is 26.3 Å². The maximum atomic E-state index is 5.74. The van der Waals surface area contributed by atoms with Crippen molar-refractivity contribution in [1.29, 1.82) is 0 Å². The van der Waals surface area contributed by atoms with E-state index in [1.807, 2.05) is 0 Å². The zero-order valence-corrected chi connectivity index (χ0v) is 16.3. The van der Waals surface area contributed by atoms with E-state index in [2.05, 4.69) is 57.2 Å². The van der Waals surface area contributed by atoms with Gasteiger partial charge in [0.05, 0.1) is 13.2 Å². The van der Waals surface area contributed by atoms with Crippen molar-refractivity contribution in [3.05, 3.63) is 23.3 Å². The van der Waals surface area contributed by atoms with Crippen molar-refractivity contribution in [3.63, 3.8) is 0 Å². The summed E-state index contributed by atoms with van der Waals surface area (Å²) in [5.74, 6) is 0. The van der Waals surface area contributed by atoms with E-state index in [1.165, 1.54) is 30.4 Å². The quantitative estimate of drug-likeness (QED) is 0.211. The Labute approximate surface area is 146 Å². The van der Waals surface area contributed by atoms with E-state index in [9.17, 15) is 0 Å². The Balaban J connectivity index is 2.00. The summed E-state index contributed by atoms with van der Waals surface area (Å²) in [5, 5.41) is 3.49. The van der Waals surface area contributed by atoms with Gasteiger partial charge in [-0.25, -0.2) is 0 Å². The van der Waals surface area contributed by atoms with Gasteiger partial charge < -0.3 is 10.1 Å². The van der Waals surface area contributed by atoms with Crippen LogP contribution < -0.4 is 10.0 Å². The summed E-state index contributed by atoms with van der Waals surface area (Å²) in [6.45, 7) is 7.95. The SMILES string of the molecule is CCCCC(CNCCOCC1=CCC(C)=CC1)NSI. The molecule has 0 aromatic carbocycles. The molecule has 1 unspecified atom stereocenters. The molecule has 0 radical (unpaired) electrons. The van der Waals surface area contributed by atoms with Crippen LogP contribution in [0.4, 0.5) is 0 Å². The van der Waals surface area contributed by atoms with Gasteiger partial charge in [0.15, 0.2) is 0 Å². The molecule has 0 saturated heterocycles. The third kappa shape index (κ3) is 9.94. The number of hydrogen-bond acceptors (Lipinski definition) is 4. The highest BCUT2D eigenvalue weighted by Crippen LogP contribution is 2.16. The van der Waals surface area contributed by atoms with E-state index in [0.29, 0.717) is 6.04 Å². The van der Waals surface area contributed by atoms with E-state index in [1.54, 1.807) is 9.12 Å².